The first-order valence-electron chi connectivity index (χ1n) is 5.04. The molecule has 0 aliphatic heterocycles. The second-order valence-corrected chi connectivity index (χ2v) is 3.75. The van der Waals surface area contributed by atoms with Crippen molar-refractivity contribution in [3.63, 3.8) is 0 Å². The SMILES string of the molecule is CCCC([NH3+])(CCC)CCC.[OH-]. The predicted octanol–water partition coefficient (Wildman–Crippen LogP) is 2.19. The predicted molar refractivity (Wildman–Crippen MR) is 52.3 cm³/mol. The minimum atomic E-state index is 0. The van der Waals surface area contributed by atoms with E-state index in [1.54, 1.807) is 0 Å². The molecule has 0 unspecified atom stereocenters. The number of hydrogen-bond donors (Lipinski definition) is 1. The van der Waals surface area contributed by atoms with Crippen LogP contribution in [0.2, 0.25) is 0 Å². The fourth-order valence-corrected chi connectivity index (χ4v) is 1.97. The summed E-state index contributed by atoms with van der Waals surface area (Å²) in [6.07, 6.45) is 7.74. The minimum Gasteiger partial charge on any atom is -0.870 e. The van der Waals surface area contributed by atoms with E-state index in [-0.39, 0.29) is 5.48 Å². The van der Waals surface area contributed by atoms with Gasteiger partial charge in [-0.25, -0.2) is 0 Å². The molecule has 0 rings (SSSR count). The largest absolute Gasteiger partial charge is 0.870 e. The van der Waals surface area contributed by atoms with Crippen molar-refractivity contribution >= 4 is 0 Å². The lowest BCUT2D eigenvalue weighted by Crippen LogP contribution is -2.72. The highest BCUT2D eigenvalue weighted by molar-refractivity contribution is 4.74. The van der Waals surface area contributed by atoms with Gasteiger partial charge in [0.2, 0.25) is 0 Å². The van der Waals surface area contributed by atoms with Crippen molar-refractivity contribution in [1.29, 1.82) is 0 Å². The number of hydrogen-bond acceptors (Lipinski definition) is 1. The third kappa shape index (κ3) is 5.56. The highest BCUT2D eigenvalue weighted by Gasteiger charge is 2.25. The van der Waals surface area contributed by atoms with Gasteiger partial charge in [-0.2, -0.15) is 0 Å². The van der Waals surface area contributed by atoms with Crippen LogP contribution in [-0.4, -0.2) is 11.0 Å². The van der Waals surface area contributed by atoms with E-state index in [1.807, 2.05) is 0 Å². The summed E-state index contributed by atoms with van der Waals surface area (Å²) in [7, 11) is 0. The van der Waals surface area contributed by atoms with Gasteiger partial charge in [0.15, 0.2) is 0 Å². The molecular formula is C10H25NO. The van der Waals surface area contributed by atoms with Crippen LogP contribution in [0.25, 0.3) is 0 Å². The van der Waals surface area contributed by atoms with E-state index < -0.39 is 0 Å². The molecule has 0 heterocycles. The zero-order valence-corrected chi connectivity index (χ0v) is 8.90. The lowest BCUT2D eigenvalue weighted by molar-refractivity contribution is -0.483. The molecule has 0 saturated heterocycles. The summed E-state index contributed by atoms with van der Waals surface area (Å²) < 4.78 is 0. The van der Waals surface area contributed by atoms with Crippen molar-refractivity contribution in [1.82, 2.24) is 0 Å². The van der Waals surface area contributed by atoms with E-state index in [9.17, 15) is 0 Å². The molecule has 0 atom stereocenters. The van der Waals surface area contributed by atoms with Gasteiger partial charge in [-0.1, -0.05) is 40.0 Å². The van der Waals surface area contributed by atoms with E-state index in [1.165, 1.54) is 38.5 Å². The molecule has 4 N–H and O–H groups in total. The van der Waals surface area contributed by atoms with Crippen LogP contribution in [0.3, 0.4) is 0 Å². The second-order valence-electron chi connectivity index (χ2n) is 3.75. The van der Waals surface area contributed by atoms with Gasteiger partial charge < -0.3 is 11.2 Å². The Morgan fingerprint density at radius 2 is 1.08 bits per heavy atom. The first-order chi connectivity index (χ1) is 5.18. The monoisotopic (exact) mass is 175 g/mol. The molecule has 0 aromatic heterocycles. The molecule has 0 spiro atoms. The van der Waals surface area contributed by atoms with E-state index >= 15 is 0 Å². The lowest BCUT2D eigenvalue weighted by atomic mass is 9.86. The molecule has 0 aromatic carbocycles. The quantitative estimate of drug-likeness (QED) is 0.661. The number of rotatable bonds is 6. The molecule has 0 aliphatic carbocycles. The van der Waals surface area contributed by atoms with Crippen molar-refractivity contribution in [2.75, 3.05) is 0 Å². The smallest absolute Gasteiger partial charge is 0.0945 e. The highest BCUT2D eigenvalue weighted by Crippen LogP contribution is 2.19. The first kappa shape index (κ1) is 14.4. The van der Waals surface area contributed by atoms with Gasteiger partial charge in [0, 0.05) is 19.3 Å². The Morgan fingerprint density at radius 3 is 1.25 bits per heavy atom. The average Bonchev–Trinajstić information content (AvgIpc) is 1.88. The average molecular weight is 175 g/mol. The Hall–Kier alpha value is -0.0800. The van der Waals surface area contributed by atoms with Gasteiger partial charge in [-0.15, -0.1) is 0 Å². The first-order valence-corrected chi connectivity index (χ1v) is 5.04. The number of quaternary nitrogens is 1. The molecular weight excluding hydrogens is 150 g/mol. The van der Waals surface area contributed by atoms with Crippen molar-refractivity contribution in [2.45, 2.75) is 64.8 Å². The summed E-state index contributed by atoms with van der Waals surface area (Å²) in [5.74, 6) is 0. The zero-order valence-electron chi connectivity index (χ0n) is 8.90. The van der Waals surface area contributed by atoms with Crippen LogP contribution in [0, 0.1) is 0 Å². The van der Waals surface area contributed by atoms with Gasteiger partial charge in [0.05, 0.1) is 5.54 Å². The van der Waals surface area contributed by atoms with Crippen LogP contribution in [0.4, 0.5) is 0 Å². The van der Waals surface area contributed by atoms with Crippen molar-refractivity contribution < 1.29 is 11.2 Å². The van der Waals surface area contributed by atoms with Gasteiger partial charge in [-0.3, -0.25) is 0 Å². The van der Waals surface area contributed by atoms with Gasteiger partial charge in [-0.05, 0) is 0 Å². The van der Waals surface area contributed by atoms with Crippen LogP contribution in [0.15, 0.2) is 0 Å². The standard InChI is InChI=1S/C10H23N.H2O/c1-4-7-10(11,8-5-2)9-6-3;/h4-9,11H2,1-3H3;1H2. The van der Waals surface area contributed by atoms with Crippen LogP contribution in [0.1, 0.15) is 59.3 Å². The highest BCUT2D eigenvalue weighted by atomic mass is 16.0. The summed E-state index contributed by atoms with van der Waals surface area (Å²) in [5.41, 5.74) is 4.74. The van der Waals surface area contributed by atoms with Gasteiger partial charge in [0.1, 0.15) is 0 Å². The van der Waals surface area contributed by atoms with E-state index in [0.717, 1.165) is 0 Å². The molecule has 76 valence electrons. The molecule has 0 radical (unpaired) electrons. The molecule has 2 nitrogen and oxygen atoms in total. The minimum absolute atomic E-state index is 0. The summed E-state index contributed by atoms with van der Waals surface area (Å²) in [4.78, 5) is 0. The van der Waals surface area contributed by atoms with Crippen LogP contribution >= 0.6 is 0 Å². The summed E-state index contributed by atoms with van der Waals surface area (Å²) in [5, 5.41) is 0. The molecule has 2 heteroatoms. The van der Waals surface area contributed by atoms with E-state index in [4.69, 9.17) is 0 Å². The normalized spacial score (nSPS) is 11.0. The topological polar surface area (TPSA) is 57.6 Å². The second kappa shape index (κ2) is 7.56. The fourth-order valence-electron chi connectivity index (χ4n) is 1.97. The molecule has 0 bridgehead atoms. The molecule has 0 fully saturated rings. The Kier molecular flexibility index (Phi) is 9.10. The Balaban J connectivity index is 0. The summed E-state index contributed by atoms with van der Waals surface area (Å²) in [6.45, 7) is 6.77. The molecule has 12 heavy (non-hydrogen) atoms. The van der Waals surface area contributed by atoms with Crippen molar-refractivity contribution in [3.8, 4) is 0 Å². The van der Waals surface area contributed by atoms with Crippen LogP contribution in [-0.2, 0) is 0 Å². The Morgan fingerprint density at radius 1 is 0.833 bits per heavy atom. The fraction of sp³-hybridized carbons (Fsp3) is 1.00. The van der Waals surface area contributed by atoms with Gasteiger partial charge in [0.25, 0.3) is 0 Å². The van der Waals surface area contributed by atoms with Crippen molar-refractivity contribution in [3.05, 3.63) is 0 Å². The summed E-state index contributed by atoms with van der Waals surface area (Å²) >= 11 is 0. The lowest BCUT2D eigenvalue weighted by Gasteiger charge is -2.24. The third-order valence-corrected chi connectivity index (χ3v) is 2.34. The molecule has 0 aromatic rings. The van der Waals surface area contributed by atoms with Crippen LogP contribution in [0.5, 0.6) is 0 Å². The van der Waals surface area contributed by atoms with Gasteiger partial charge >= 0.3 is 0 Å². The van der Waals surface area contributed by atoms with Crippen LogP contribution < -0.4 is 5.73 Å². The maximum absolute atomic E-state index is 4.34. The molecule has 0 amide bonds. The Labute approximate surface area is 76.8 Å². The third-order valence-electron chi connectivity index (χ3n) is 2.34. The molecule has 0 saturated carbocycles. The summed E-state index contributed by atoms with van der Waals surface area (Å²) in [6, 6.07) is 0. The zero-order chi connectivity index (χ0) is 8.74. The maximum atomic E-state index is 4.34. The maximum Gasteiger partial charge on any atom is 0.0945 e. The van der Waals surface area contributed by atoms with E-state index in [2.05, 4.69) is 26.5 Å². The Bertz CT molecular complexity index is 76.8. The molecule has 0 aliphatic rings. The van der Waals surface area contributed by atoms with Crippen molar-refractivity contribution in [2.24, 2.45) is 0 Å². The van der Waals surface area contributed by atoms with E-state index in [0.29, 0.717) is 5.54 Å².